The van der Waals surface area contributed by atoms with Gasteiger partial charge < -0.3 is 10.4 Å². The molecule has 0 fully saturated rings. The number of rotatable bonds is 2. The van der Waals surface area contributed by atoms with Crippen LogP contribution < -0.4 is 5.32 Å². The van der Waals surface area contributed by atoms with Gasteiger partial charge in [0.25, 0.3) is 0 Å². The molecule has 2 aromatic carbocycles. The summed E-state index contributed by atoms with van der Waals surface area (Å²) in [5, 5.41) is 14.3. The quantitative estimate of drug-likeness (QED) is 0.843. The lowest BCUT2D eigenvalue weighted by Gasteiger charge is -2.30. The van der Waals surface area contributed by atoms with E-state index in [1.807, 2.05) is 49.5 Å². The van der Waals surface area contributed by atoms with Crippen LogP contribution in [-0.2, 0) is 12.0 Å². The van der Waals surface area contributed by atoms with Crippen molar-refractivity contribution in [2.45, 2.75) is 18.1 Å². The van der Waals surface area contributed by atoms with Gasteiger partial charge in [0.05, 0.1) is 6.04 Å². The van der Waals surface area contributed by atoms with Crippen molar-refractivity contribution >= 4 is 0 Å². The van der Waals surface area contributed by atoms with Crippen LogP contribution in [-0.4, -0.2) is 12.2 Å². The third kappa shape index (κ3) is 1.57. The molecule has 0 saturated carbocycles. The summed E-state index contributed by atoms with van der Waals surface area (Å²) < 4.78 is 0. The number of aliphatic hydroxyl groups is 1. The average molecular weight is 239 g/mol. The van der Waals surface area contributed by atoms with Gasteiger partial charge in [-0.25, -0.2) is 0 Å². The van der Waals surface area contributed by atoms with Gasteiger partial charge in [-0.1, -0.05) is 54.6 Å². The van der Waals surface area contributed by atoms with Gasteiger partial charge in [0, 0.05) is 6.42 Å². The minimum Gasteiger partial charge on any atom is -0.383 e. The molecule has 1 aliphatic carbocycles. The number of benzene rings is 2. The highest BCUT2D eigenvalue weighted by Gasteiger charge is 2.44. The first-order valence-corrected chi connectivity index (χ1v) is 6.28. The van der Waals surface area contributed by atoms with E-state index in [-0.39, 0.29) is 6.04 Å². The van der Waals surface area contributed by atoms with E-state index in [4.69, 9.17) is 0 Å². The summed E-state index contributed by atoms with van der Waals surface area (Å²) in [6.45, 7) is 0. The van der Waals surface area contributed by atoms with Crippen LogP contribution in [0.4, 0.5) is 0 Å². The second kappa shape index (κ2) is 4.23. The van der Waals surface area contributed by atoms with Gasteiger partial charge in [-0.3, -0.25) is 0 Å². The fraction of sp³-hybridized carbons (Fsp3) is 0.250. The summed E-state index contributed by atoms with van der Waals surface area (Å²) in [4.78, 5) is 0. The Bertz CT molecular complexity index is 552. The maximum Gasteiger partial charge on any atom is 0.113 e. The van der Waals surface area contributed by atoms with E-state index in [2.05, 4.69) is 17.4 Å². The average Bonchev–Trinajstić information content (AvgIpc) is 2.72. The van der Waals surface area contributed by atoms with Crippen molar-refractivity contribution < 1.29 is 5.11 Å². The molecular weight excluding hydrogens is 222 g/mol. The van der Waals surface area contributed by atoms with Crippen molar-refractivity contribution in [1.29, 1.82) is 0 Å². The molecule has 0 amide bonds. The van der Waals surface area contributed by atoms with Crippen LogP contribution >= 0.6 is 0 Å². The van der Waals surface area contributed by atoms with Gasteiger partial charge in [0.1, 0.15) is 5.60 Å². The molecule has 3 rings (SSSR count). The van der Waals surface area contributed by atoms with Crippen LogP contribution in [0, 0.1) is 0 Å². The Morgan fingerprint density at radius 3 is 2.44 bits per heavy atom. The second-order valence-corrected chi connectivity index (χ2v) is 4.89. The van der Waals surface area contributed by atoms with Crippen LogP contribution in [0.25, 0.3) is 0 Å². The Hall–Kier alpha value is -1.64. The first-order valence-electron chi connectivity index (χ1n) is 6.28. The summed E-state index contributed by atoms with van der Waals surface area (Å²) >= 11 is 0. The second-order valence-electron chi connectivity index (χ2n) is 4.89. The maximum atomic E-state index is 11.1. The Morgan fingerprint density at radius 2 is 1.72 bits per heavy atom. The lowest BCUT2D eigenvalue weighted by Crippen LogP contribution is -2.37. The summed E-state index contributed by atoms with van der Waals surface area (Å²) in [5.74, 6) is 0. The van der Waals surface area contributed by atoms with Gasteiger partial charge >= 0.3 is 0 Å². The van der Waals surface area contributed by atoms with Gasteiger partial charge in [-0.2, -0.15) is 0 Å². The van der Waals surface area contributed by atoms with E-state index >= 15 is 0 Å². The molecule has 2 N–H and O–H groups in total. The Morgan fingerprint density at radius 1 is 1.06 bits per heavy atom. The molecule has 2 heteroatoms. The molecule has 0 unspecified atom stereocenters. The van der Waals surface area contributed by atoms with E-state index in [0.29, 0.717) is 6.42 Å². The maximum absolute atomic E-state index is 11.1. The molecule has 0 aliphatic heterocycles. The van der Waals surface area contributed by atoms with Crippen molar-refractivity contribution in [2.75, 3.05) is 7.05 Å². The summed E-state index contributed by atoms with van der Waals surface area (Å²) in [6.07, 6.45) is 0.665. The van der Waals surface area contributed by atoms with Gasteiger partial charge in [-0.15, -0.1) is 0 Å². The predicted molar refractivity (Wildman–Crippen MR) is 72.3 cm³/mol. The molecule has 0 saturated heterocycles. The highest BCUT2D eigenvalue weighted by atomic mass is 16.3. The molecule has 18 heavy (non-hydrogen) atoms. The van der Waals surface area contributed by atoms with Crippen molar-refractivity contribution in [2.24, 2.45) is 0 Å². The molecule has 2 nitrogen and oxygen atoms in total. The van der Waals surface area contributed by atoms with E-state index < -0.39 is 5.60 Å². The molecular formula is C16H17NO. The third-order valence-electron chi connectivity index (χ3n) is 3.87. The lowest BCUT2D eigenvalue weighted by atomic mass is 9.87. The zero-order chi connectivity index (χ0) is 12.6. The van der Waals surface area contributed by atoms with E-state index in [0.717, 1.165) is 5.56 Å². The van der Waals surface area contributed by atoms with Crippen molar-refractivity contribution in [3.63, 3.8) is 0 Å². The molecule has 2 aromatic rings. The minimum atomic E-state index is -0.848. The molecule has 92 valence electrons. The minimum absolute atomic E-state index is 0.0453. The molecule has 0 aromatic heterocycles. The largest absolute Gasteiger partial charge is 0.383 e. The van der Waals surface area contributed by atoms with Crippen molar-refractivity contribution in [1.82, 2.24) is 5.32 Å². The molecule has 0 bridgehead atoms. The summed E-state index contributed by atoms with van der Waals surface area (Å²) in [5.41, 5.74) is 2.55. The molecule has 0 heterocycles. The van der Waals surface area contributed by atoms with Gasteiger partial charge in [0.2, 0.25) is 0 Å². The SMILES string of the molecule is CN[C@@H]1c2ccccc2C[C@]1(O)c1ccccc1. The fourth-order valence-corrected chi connectivity index (χ4v) is 3.02. The summed E-state index contributed by atoms with van der Waals surface area (Å²) in [6, 6.07) is 18.1. The van der Waals surface area contributed by atoms with Crippen LogP contribution in [0.1, 0.15) is 22.7 Å². The van der Waals surface area contributed by atoms with Crippen LogP contribution in [0.3, 0.4) is 0 Å². The Labute approximate surface area is 107 Å². The highest BCUT2D eigenvalue weighted by Crippen LogP contribution is 2.45. The smallest absolute Gasteiger partial charge is 0.113 e. The number of hydrogen-bond donors (Lipinski definition) is 2. The van der Waals surface area contributed by atoms with Crippen molar-refractivity contribution in [3.8, 4) is 0 Å². The van der Waals surface area contributed by atoms with Crippen LogP contribution in [0.5, 0.6) is 0 Å². The van der Waals surface area contributed by atoms with E-state index in [1.54, 1.807) is 0 Å². The summed E-state index contributed by atoms with van der Waals surface area (Å²) in [7, 11) is 1.90. The third-order valence-corrected chi connectivity index (χ3v) is 3.87. The highest BCUT2D eigenvalue weighted by molar-refractivity contribution is 5.43. The number of nitrogens with one attached hydrogen (secondary N) is 1. The van der Waals surface area contributed by atoms with Crippen LogP contribution in [0.15, 0.2) is 54.6 Å². The first kappa shape index (κ1) is 11.5. The molecule has 0 spiro atoms. The Balaban J connectivity index is 2.10. The standard InChI is InChI=1S/C16H17NO/c1-17-15-14-10-6-5-7-12(14)11-16(15,18)13-8-3-2-4-9-13/h2-10,15,17-18H,11H2,1H3/t15-,16+/m1/s1. The van der Waals surface area contributed by atoms with E-state index in [1.165, 1.54) is 11.1 Å². The number of fused-ring (bicyclic) bond motifs is 1. The van der Waals surface area contributed by atoms with Crippen LogP contribution in [0.2, 0.25) is 0 Å². The number of likely N-dealkylation sites (N-methyl/N-ethyl adjacent to an activating group) is 1. The topological polar surface area (TPSA) is 32.3 Å². The zero-order valence-electron chi connectivity index (χ0n) is 10.4. The zero-order valence-corrected chi connectivity index (χ0v) is 10.4. The normalized spacial score (nSPS) is 26.0. The van der Waals surface area contributed by atoms with Gasteiger partial charge in [0.15, 0.2) is 0 Å². The molecule has 0 radical (unpaired) electrons. The molecule has 1 aliphatic rings. The number of hydrogen-bond acceptors (Lipinski definition) is 2. The van der Waals surface area contributed by atoms with E-state index in [9.17, 15) is 5.11 Å². The predicted octanol–water partition coefficient (Wildman–Crippen LogP) is 2.39. The first-order chi connectivity index (χ1) is 8.75. The van der Waals surface area contributed by atoms with Crippen molar-refractivity contribution in [3.05, 3.63) is 71.3 Å². The monoisotopic (exact) mass is 239 g/mol. The lowest BCUT2D eigenvalue weighted by molar-refractivity contribution is 0.0107. The Kier molecular flexibility index (Phi) is 2.69. The molecule has 2 atom stereocenters. The van der Waals surface area contributed by atoms with Gasteiger partial charge in [-0.05, 0) is 23.7 Å². The fourth-order valence-electron chi connectivity index (χ4n) is 3.02.